The van der Waals surface area contributed by atoms with Gasteiger partial charge in [-0.1, -0.05) is 17.7 Å². The number of benzene rings is 1. The zero-order chi connectivity index (χ0) is 15.7. The summed E-state index contributed by atoms with van der Waals surface area (Å²) in [6, 6.07) is 5.07. The van der Waals surface area contributed by atoms with E-state index >= 15 is 0 Å². The topological polar surface area (TPSA) is 27.1 Å². The van der Waals surface area contributed by atoms with E-state index in [4.69, 9.17) is 16.3 Å². The Morgan fingerprint density at radius 3 is 2.68 bits per heavy atom. The number of aromatic nitrogens is 2. The molecule has 2 aromatic rings. The van der Waals surface area contributed by atoms with Crippen molar-refractivity contribution in [3.8, 4) is 5.88 Å². The summed E-state index contributed by atoms with van der Waals surface area (Å²) in [5.41, 5.74) is -0.179. The van der Waals surface area contributed by atoms with Crippen LogP contribution in [0.1, 0.15) is 24.0 Å². The third-order valence-corrected chi connectivity index (χ3v) is 3.84. The molecule has 1 aliphatic carbocycles. The van der Waals surface area contributed by atoms with E-state index in [9.17, 15) is 13.2 Å². The minimum Gasteiger partial charge on any atom is -0.476 e. The Bertz CT molecular complexity index is 665. The Morgan fingerprint density at radius 2 is 2.05 bits per heavy atom. The molecule has 118 valence electrons. The molecule has 1 aromatic carbocycles. The van der Waals surface area contributed by atoms with Crippen LogP contribution in [0.3, 0.4) is 0 Å². The molecule has 22 heavy (non-hydrogen) atoms. The molecule has 1 aliphatic rings. The molecular formula is C15H14ClF3N2O. The summed E-state index contributed by atoms with van der Waals surface area (Å²) < 4.78 is 44.9. The predicted octanol–water partition coefficient (Wildman–Crippen LogP) is 4.39. The van der Waals surface area contributed by atoms with Crippen LogP contribution in [0.5, 0.6) is 5.88 Å². The van der Waals surface area contributed by atoms with Gasteiger partial charge in [0.15, 0.2) is 0 Å². The highest BCUT2D eigenvalue weighted by molar-refractivity contribution is 6.31. The second-order valence-corrected chi connectivity index (χ2v) is 5.82. The van der Waals surface area contributed by atoms with Gasteiger partial charge in [0.2, 0.25) is 5.88 Å². The van der Waals surface area contributed by atoms with Gasteiger partial charge in [-0.2, -0.15) is 13.2 Å². The first-order chi connectivity index (χ1) is 10.4. The van der Waals surface area contributed by atoms with Crippen molar-refractivity contribution in [2.24, 2.45) is 5.92 Å². The van der Waals surface area contributed by atoms with Gasteiger partial charge in [-0.25, -0.2) is 0 Å². The van der Waals surface area contributed by atoms with Crippen LogP contribution in [0, 0.1) is 5.92 Å². The lowest BCUT2D eigenvalue weighted by Gasteiger charge is -2.10. The van der Waals surface area contributed by atoms with E-state index in [2.05, 4.69) is 5.10 Å². The van der Waals surface area contributed by atoms with E-state index in [1.807, 2.05) is 0 Å². The van der Waals surface area contributed by atoms with E-state index < -0.39 is 11.7 Å². The first-order valence-corrected chi connectivity index (χ1v) is 7.31. The van der Waals surface area contributed by atoms with Crippen LogP contribution in [-0.4, -0.2) is 16.4 Å². The fourth-order valence-corrected chi connectivity index (χ4v) is 2.26. The lowest BCUT2D eigenvalue weighted by Crippen LogP contribution is -2.07. The van der Waals surface area contributed by atoms with Gasteiger partial charge in [-0.15, -0.1) is 5.10 Å². The molecule has 0 atom stereocenters. The number of ether oxygens (including phenoxy) is 1. The molecule has 0 N–H and O–H groups in total. The van der Waals surface area contributed by atoms with Gasteiger partial charge >= 0.3 is 6.18 Å². The van der Waals surface area contributed by atoms with E-state index in [1.165, 1.54) is 18.9 Å². The van der Waals surface area contributed by atoms with Crippen molar-refractivity contribution >= 4 is 11.6 Å². The van der Waals surface area contributed by atoms with Gasteiger partial charge in [0, 0.05) is 17.3 Å². The number of hydrogen-bond donors (Lipinski definition) is 0. The average molecular weight is 331 g/mol. The molecule has 0 aliphatic heterocycles. The molecule has 0 bridgehead atoms. The van der Waals surface area contributed by atoms with Crippen LogP contribution in [-0.2, 0) is 12.7 Å². The normalized spacial score (nSPS) is 15.1. The second kappa shape index (κ2) is 5.83. The zero-order valence-corrected chi connectivity index (χ0v) is 12.4. The van der Waals surface area contributed by atoms with Crippen molar-refractivity contribution in [3.63, 3.8) is 0 Å². The van der Waals surface area contributed by atoms with Crippen LogP contribution < -0.4 is 4.74 Å². The first kappa shape index (κ1) is 15.2. The summed E-state index contributed by atoms with van der Waals surface area (Å²) in [4.78, 5) is 0. The molecule has 0 spiro atoms. The van der Waals surface area contributed by atoms with E-state index in [0.717, 1.165) is 12.1 Å². The van der Waals surface area contributed by atoms with Crippen molar-refractivity contribution < 1.29 is 17.9 Å². The fraction of sp³-hybridized carbons (Fsp3) is 0.400. The molecule has 3 rings (SSSR count). The Kier molecular flexibility index (Phi) is 4.04. The van der Waals surface area contributed by atoms with Gasteiger partial charge < -0.3 is 4.74 Å². The second-order valence-electron chi connectivity index (χ2n) is 5.41. The number of rotatable bonds is 5. The average Bonchev–Trinajstić information content (AvgIpc) is 3.17. The number of halogens is 4. The molecular weight excluding hydrogens is 317 g/mol. The minimum absolute atomic E-state index is 0.0748. The Balaban J connectivity index is 1.67. The van der Waals surface area contributed by atoms with Gasteiger partial charge in [0.1, 0.15) is 0 Å². The maximum absolute atomic E-state index is 12.6. The van der Waals surface area contributed by atoms with E-state index in [-0.39, 0.29) is 5.02 Å². The lowest BCUT2D eigenvalue weighted by atomic mass is 10.1. The quantitative estimate of drug-likeness (QED) is 0.813. The zero-order valence-electron chi connectivity index (χ0n) is 11.6. The molecule has 1 fully saturated rings. The first-order valence-electron chi connectivity index (χ1n) is 6.94. The number of hydrogen-bond acceptors (Lipinski definition) is 2. The third-order valence-electron chi connectivity index (χ3n) is 3.49. The fourth-order valence-electron chi connectivity index (χ4n) is 2.02. The van der Waals surface area contributed by atoms with Crippen LogP contribution in [0.4, 0.5) is 13.2 Å². The maximum Gasteiger partial charge on any atom is 0.416 e. The highest BCUT2D eigenvalue weighted by Gasteiger charge is 2.30. The highest BCUT2D eigenvalue weighted by Crippen LogP contribution is 2.32. The molecule has 1 aromatic heterocycles. The summed E-state index contributed by atoms with van der Waals surface area (Å²) in [7, 11) is 0. The monoisotopic (exact) mass is 330 g/mol. The summed E-state index contributed by atoms with van der Waals surface area (Å²) in [5, 5.41) is 4.31. The lowest BCUT2D eigenvalue weighted by molar-refractivity contribution is -0.137. The highest BCUT2D eigenvalue weighted by atomic mass is 35.5. The van der Waals surface area contributed by atoms with Crippen molar-refractivity contribution in [1.29, 1.82) is 0 Å². The minimum atomic E-state index is -4.39. The van der Waals surface area contributed by atoms with Crippen LogP contribution >= 0.6 is 11.6 Å². The maximum atomic E-state index is 12.6. The Morgan fingerprint density at radius 1 is 1.27 bits per heavy atom. The van der Waals surface area contributed by atoms with Gasteiger partial charge in [0.05, 0.1) is 18.7 Å². The predicted molar refractivity (Wildman–Crippen MR) is 76.0 cm³/mol. The Labute approximate surface area is 130 Å². The van der Waals surface area contributed by atoms with E-state index in [0.29, 0.717) is 30.5 Å². The summed E-state index contributed by atoms with van der Waals surface area (Å²) in [6.07, 6.45) is -0.280. The molecule has 0 saturated heterocycles. The molecule has 0 radical (unpaired) electrons. The molecule has 1 heterocycles. The molecule has 0 amide bonds. The SMILES string of the molecule is FC(F)(F)c1ccc(Cn2ccc(OCC3CC3)n2)c(Cl)c1. The standard InChI is InChI=1S/C15H14ClF3N2O/c16-13-7-12(15(17,18)19)4-3-11(13)8-21-6-5-14(20-21)22-9-10-1-2-10/h3-7,10H,1-2,8-9H2. The van der Waals surface area contributed by atoms with Crippen molar-refractivity contribution in [3.05, 3.63) is 46.6 Å². The number of nitrogens with zero attached hydrogens (tertiary/aromatic N) is 2. The molecule has 3 nitrogen and oxygen atoms in total. The summed E-state index contributed by atoms with van der Waals surface area (Å²) >= 11 is 5.93. The van der Waals surface area contributed by atoms with Crippen molar-refractivity contribution in [2.45, 2.75) is 25.6 Å². The molecule has 1 saturated carbocycles. The van der Waals surface area contributed by atoms with Crippen LogP contribution in [0.15, 0.2) is 30.5 Å². The van der Waals surface area contributed by atoms with Crippen LogP contribution in [0.25, 0.3) is 0 Å². The Hall–Kier alpha value is -1.69. The summed E-state index contributed by atoms with van der Waals surface area (Å²) in [6.45, 7) is 0.960. The largest absolute Gasteiger partial charge is 0.476 e. The van der Waals surface area contributed by atoms with Crippen molar-refractivity contribution in [1.82, 2.24) is 9.78 Å². The van der Waals surface area contributed by atoms with Crippen molar-refractivity contribution in [2.75, 3.05) is 6.61 Å². The van der Waals surface area contributed by atoms with Crippen LogP contribution in [0.2, 0.25) is 5.02 Å². The van der Waals surface area contributed by atoms with Gasteiger partial charge in [0.25, 0.3) is 0 Å². The third kappa shape index (κ3) is 3.74. The summed E-state index contributed by atoms with van der Waals surface area (Å²) in [5.74, 6) is 1.16. The molecule has 7 heteroatoms. The smallest absolute Gasteiger partial charge is 0.416 e. The van der Waals surface area contributed by atoms with E-state index in [1.54, 1.807) is 16.9 Å². The molecule has 0 unspecified atom stereocenters. The number of alkyl halides is 3. The van der Waals surface area contributed by atoms with Gasteiger partial charge in [-0.05, 0) is 36.5 Å². The van der Waals surface area contributed by atoms with Gasteiger partial charge in [-0.3, -0.25) is 4.68 Å².